The molecule has 2 saturated carbocycles. The number of para-hydroxylation sites is 1. The molecule has 240 valence electrons. The Morgan fingerprint density at radius 2 is 1.54 bits per heavy atom. The second-order valence-corrected chi connectivity index (χ2v) is 12.0. The Bertz CT molecular complexity index is 1810. The highest BCUT2D eigenvalue weighted by Crippen LogP contribution is 2.46. The van der Waals surface area contributed by atoms with Crippen LogP contribution in [0.2, 0.25) is 0 Å². The van der Waals surface area contributed by atoms with Gasteiger partial charge >= 0.3 is 12.4 Å². The van der Waals surface area contributed by atoms with Crippen molar-refractivity contribution in [3.63, 3.8) is 0 Å². The van der Waals surface area contributed by atoms with E-state index in [4.69, 9.17) is 4.98 Å². The van der Waals surface area contributed by atoms with Crippen molar-refractivity contribution in [2.45, 2.75) is 57.2 Å². The van der Waals surface area contributed by atoms with Gasteiger partial charge in [0.1, 0.15) is 5.82 Å². The Hall–Kier alpha value is -4.69. The number of hydrogen-bond donors (Lipinski definition) is 1. The number of nitrogens with zero attached hydrogens (tertiary/aromatic N) is 8. The van der Waals surface area contributed by atoms with E-state index in [-0.39, 0.29) is 36.7 Å². The Kier molecular flexibility index (Phi) is 7.35. The number of aryl methyl sites for hydroxylation is 1. The molecule has 5 aromatic rings. The van der Waals surface area contributed by atoms with Crippen LogP contribution in [0.15, 0.2) is 60.8 Å². The lowest BCUT2D eigenvalue weighted by atomic mass is 10.0. The number of anilines is 2. The van der Waals surface area contributed by atoms with Crippen LogP contribution in [-0.2, 0) is 32.5 Å². The highest BCUT2D eigenvalue weighted by Gasteiger charge is 2.42. The zero-order valence-electron chi connectivity index (χ0n) is 24.6. The van der Waals surface area contributed by atoms with Gasteiger partial charge in [-0.05, 0) is 84.7 Å². The SMILES string of the molecule is Cn1nnc(N(Cc2cc(C(F)(F)F)cc(C(F)(F)F)c2)Cc2cc3cnn(-c4ccccc4)c3nc2NC(C2CC2)C2CC2)n1. The molecule has 3 aromatic heterocycles. The number of pyridine rings is 1. The molecule has 0 atom stereocenters. The topological polar surface area (TPSA) is 89.6 Å². The molecule has 7 rings (SSSR count). The van der Waals surface area contributed by atoms with E-state index in [1.54, 1.807) is 10.9 Å². The van der Waals surface area contributed by atoms with Gasteiger partial charge in [0.15, 0.2) is 5.65 Å². The van der Waals surface area contributed by atoms with Crippen molar-refractivity contribution in [1.82, 2.24) is 35.0 Å². The first-order chi connectivity index (χ1) is 21.9. The van der Waals surface area contributed by atoms with Crippen molar-refractivity contribution < 1.29 is 26.3 Å². The van der Waals surface area contributed by atoms with E-state index in [9.17, 15) is 26.3 Å². The molecule has 0 saturated heterocycles. The minimum absolute atomic E-state index is 0.0210. The van der Waals surface area contributed by atoms with Gasteiger partial charge < -0.3 is 10.2 Å². The van der Waals surface area contributed by atoms with Crippen LogP contribution < -0.4 is 10.2 Å². The van der Waals surface area contributed by atoms with Crippen LogP contribution in [0.25, 0.3) is 16.7 Å². The van der Waals surface area contributed by atoms with E-state index in [0.717, 1.165) is 43.5 Å². The maximum Gasteiger partial charge on any atom is 0.416 e. The van der Waals surface area contributed by atoms with Crippen molar-refractivity contribution in [1.29, 1.82) is 0 Å². The maximum absolute atomic E-state index is 13.7. The summed E-state index contributed by atoms with van der Waals surface area (Å²) < 4.78 is 83.9. The number of aromatic nitrogens is 7. The molecule has 46 heavy (non-hydrogen) atoms. The zero-order valence-corrected chi connectivity index (χ0v) is 24.6. The molecule has 15 heteroatoms. The van der Waals surface area contributed by atoms with Crippen LogP contribution in [0.3, 0.4) is 0 Å². The second kappa shape index (κ2) is 11.3. The highest BCUT2D eigenvalue weighted by molar-refractivity contribution is 5.80. The third-order valence-electron chi connectivity index (χ3n) is 8.35. The molecule has 0 unspecified atom stereocenters. The second-order valence-electron chi connectivity index (χ2n) is 12.0. The van der Waals surface area contributed by atoms with Crippen LogP contribution in [0.4, 0.5) is 38.1 Å². The molecule has 0 radical (unpaired) electrons. The van der Waals surface area contributed by atoms with E-state index < -0.39 is 23.5 Å². The minimum Gasteiger partial charge on any atom is -0.366 e. The first kappa shape index (κ1) is 30.0. The standard InChI is InChI=1S/C31H29F6N9/c1-44-42-29(41-43-44)45(16-18-11-23(30(32,33)34)14-24(12-18)31(35,36)37)17-22-13-21-15-38-46(25-5-3-2-4-6-25)28(21)40-27(22)39-26(19-7-8-19)20-9-10-20/h2-6,11-15,19-20,26H,7-10,16-17H2,1H3,(H,39,40). The van der Waals surface area contributed by atoms with E-state index in [1.165, 1.54) is 16.7 Å². The summed E-state index contributed by atoms with van der Waals surface area (Å²) in [6.45, 7) is -0.332. The molecular formula is C31H29F6N9. The van der Waals surface area contributed by atoms with Gasteiger partial charge in [0, 0.05) is 30.1 Å². The molecule has 9 nitrogen and oxygen atoms in total. The van der Waals surface area contributed by atoms with Gasteiger partial charge in [-0.2, -0.15) is 36.2 Å². The largest absolute Gasteiger partial charge is 0.416 e. The molecule has 0 bridgehead atoms. The third-order valence-corrected chi connectivity index (χ3v) is 8.35. The number of fused-ring (bicyclic) bond motifs is 1. The first-order valence-electron chi connectivity index (χ1n) is 14.9. The van der Waals surface area contributed by atoms with Crippen LogP contribution in [0, 0.1) is 11.8 Å². The van der Waals surface area contributed by atoms with Gasteiger partial charge in [-0.3, -0.25) is 0 Å². The Morgan fingerprint density at radius 1 is 0.891 bits per heavy atom. The molecule has 2 aromatic carbocycles. The lowest BCUT2D eigenvalue weighted by Gasteiger charge is -2.25. The minimum atomic E-state index is -4.97. The number of hydrogen-bond acceptors (Lipinski definition) is 7. The summed E-state index contributed by atoms with van der Waals surface area (Å²) in [6, 6.07) is 13.2. The predicted octanol–water partition coefficient (Wildman–Crippen LogP) is 6.79. The number of alkyl halides is 6. The predicted molar refractivity (Wildman–Crippen MR) is 157 cm³/mol. The number of rotatable bonds is 10. The van der Waals surface area contributed by atoms with Crippen molar-refractivity contribution in [2.75, 3.05) is 10.2 Å². The molecular weight excluding hydrogens is 612 g/mol. The molecule has 0 amide bonds. The average Bonchev–Trinajstić information content (AvgIpc) is 3.95. The van der Waals surface area contributed by atoms with E-state index in [2.05, 4.69) is 25.8 Å². The summed E-state index contributed by atoms with van der Waals surface area (Å²) in [4.78, 5) is 7.71. The quantitative estimate of drug-likeness (QED) is 0.168. The molecule has 2 fully saturated rings. The van der Waals surface area contributed by atoms with Crippen molar-refractivity contribution >= 4 is 22.8 Å². The van der Waals surface area contributed by atoms with Gasteiger partial charge in [0.25, 0.3) is 5.95 Å². The summed E-state index contributed by atoms with van der Waals surface area (Å²) in [5, 5.41) is 21.1. The number of tetrazole rings is 1. The Balaban J connectivity index is 1.31. The fraction of sp³-hybridized carbons (Fsp3) is 0.387. The fourth-order valence-corrected chi connectivity index (χ4v) is 5.83. The van der Waals surface area contributed by atoms with Crippen LogP contribution >= 0.6 is 0 Å². The molecule has 0 spiro atoms. The van der Waals surface area contributed by atoms with Crippen LogP contribution in [0.5, 0.6) is 0 Å². The van der Waals surface area contributed by atoms with Gasteiger partial charge in [0.05, 0.1) is 30.1 Å². The van der Waals surface area contributed by atoms with Gasteiger partial charge in [-0.15, -0.1) is 5.10 Å². The van der Waals surface area contributed by atoms with E-state index in [0.29, 0.717) is 34.3 Å². The lowest BCUT2D eigenvalue weighted by Crippen LogP contribution is -2.28. The molecule has 0 aliphatic heterocycles. The number of halogens is 6. The smallest absolute Gasteiger partial charge is 0.366 e. The lowest BCUT2D eigenvalue weighted by molar-refractivity contribution is -0.143. The molecule has 2 aliphatic rings. The van der Waals surface area contributed by atoms with Gasteiger partial charge in [-0.25, -0.2) is 9.67 Å². The summed E-state index contributed by atoms with van der Waals surface area (Å²) in [5.74, 6) is 1.64. The molecule has 1 N–H and O–H groups in total. The molecule has 2 aliphatic carbocycles. The van der Waals surface area contributed by atoms with Crippen molar-refractivity contribution in [3.05, 3.63) is 83.0 Å². The summed E-state index contributed by atoms with van der Waals surface area (Å²) >= 11 is 0. The monoisotopic (exact) mass is 641 g/mol. The Morgan fingerprint density at radius 3 is 2.11 bits per heavy atom. The van der Waals surface area contributed by atoms with Crippen LogP contribution in [0.1, 0.15) is 47.9 Å². The third kappa shape index (κ3) is 6.35. The highest BCUT2D eigenvalue weighted by atomic mass is 19.4. The van der Waals surface area contributed by atoms with E-state index in [1.807, 2.05) is 36.4 Å². The number of nitrogens with one attached hydrogen (secondary N) is 1. The first-order valence-corrected chi connectivity index (χ1v) is 14.9. The number of benzene rings is 2. The van der Waals surface area contributed by atoms with E-state index >= 15 is 0 Å². The molecule has 3 heterocycles. The summed E-state index contributed by atoms with van der Waals surface area (Å²) in [5.41, 5.74) is -0.884. The normalized spacial score (nSPS) is 15.6. The fourth-order valence-electron chi connectivity index (χ4n) is 5.83. The van der Waals surface area contributed by atoms with Crippen LogP contribution in [-0.4, -0.2) is 41.0 Å². The summed E-state index contributed by atoms with van der Waals surface area (Å²) in [7, 11) is 1.52. The van der Waals surface area contributed by atoms with Crippen molar-refractivity contribution in [2.24, 2.45) is 18.9 Å². The Labute approximate surface area is 259 Å². The van der Waals surface area contributed by atoms with Crippen molar-refractivity contribution in [3.8, 4) is 5.69 Å². The summed E-state index contributed by atoms with van der Waals surface area (Å²) in [6.07, 6.45) is -3.83. The average molecular weight is 642 g/mol. The van der Waals surface area contributed by atoms with Gasteiger partial charge in [0.2, 0.25) is 0 Å². The van der Waals surface area contributed by atoms with Gasteiger partial charge in [-0.1, -0.05) is 23.3 Å². The maximum atomic E-state index is 13.7. The zero-order chi connectivity index (χ0) is 32.2.